The topological polar surface area (TPSA) is 44.8 Å². The van der Waals surface area contributed by atoms with Crippen molar-refractivity contribution in [2.45, 2.75) is 25.3 Å². The van der Waals surface area contributed by atoms with Gasteiger partial charge < -0.3 is 14.2 Å². The van der Waals surface area contributed by atoms with Crippen molar-refractivity contribution < 1.29 is 32.2 Å². The van der Waals surface area contributed by atoms with Gasteiger partial charge in [-0.05, 0) is 11.6 Å². The van der Waals surface area contributed by atoms with Gasteiger partial charge in [0.25, 0.3) is 0 Å². The summed E-state index contributed by atoms with van der Waals surface area (Å²) in [5.74, 6) is -0.729. The molecule has 128 valence electrons. The van der Waals surface area contributed by atoms with Crippen LogP contribution in [-0.2, 0) is 25.6 Å². The van der Waals surface area contributed by atoms with Crippen LogP contribution < -0.4 is 0 Å². The Morgan fingerprint density at radius 1 is 1.26 bits per heavy atom. The lowest BCUT2D eigenvalue weighted by molar-refractivity contribution is -0.152. The summed E-state index contributed by atoms with van der Waals surface area (Å²) in [6, 6.07) is 9.34. The van der Waals surface area contributed by atoms with Crippen LogP contribution >= 0.6 is 0 Å². The lowest BCUT2D eigenvalue weighted by atomic mass is 10.2. The van der Waals surface area contributed by atoms with Crippen molar-refractivity contribution in [3.63, 3.8) is 0 Å². The molecular weight excluding hydrogens is 313 g/mol. The van der Waals surface area contributed by atoms with Crippen LogP contribution in [0.15, 0.2) is 42.5 Å². The van der Waals surface area contributed by atoms with Crippen LogP contribution in [0.5, 0.6) is 0 Å². The first-order valence-electron chi connectivity index (χ1n) is 6.97. The van der Waals surface area contributed by atoms with Gasteiger partial charge in [0.1, 0.15) is 12.7 Å². The smallest absolute Gasteiger partial charge is 0.409 e. The Balaban J connectivity index is 2.45. The van der Waals surface area contributed by atoms with Crippen molar-refractivity contribution in [1.82, 2.24) is 0 Å². The number of benzene rings is 1. The summed E-state index contributed by atoms with van der Waals surface area (Å²) >= 11 is 0. The maximum Gasteiger partial charge on any atom is 0.409 e. The first-order valence-corrected chi connectivity index (χ1v) is 6.97. The monoisotopic (exact) mass is 332 g/mol. The molecule has 0 aliphatic carbocycles. The lowest BCUT2D eigenvalue weighted by Crippen LogP contribution is -2.21. The zero-order valence-electron chi connectivity index (χ0n) is 12.7. The van der Waals surface area contributed by atoms with Crippen molar-refractivity contribution in [3.05, 3.63) is 48.0 Å². The maximum atomic E-state index is 12.2. The van der Waals surface area contributed by atoms with E-state index in [9.17, 15) is 18.0 Å². The molecule has 0 unspecified atom stereocenters. The number of methoxy groups -OCH3 is 1. The van der Waals surface area contributed by atoms with E-state index in [1.807, 2.05) is 30.3 Å². The highest BCUT2D eigenvalue weighted by atomic mass is 19.4. The van der Waals surface area contributed by atoms with E-state index in [0.717, 1.165) is 11.6 Å². The first-order chi connectivity index (χ1) is 10.9. The van der Waals surface area contributed by atoms with Crippen LogP contribution in [0.25, 0.3) is 0 Å². The van der Waals surface area contributed by atoms with E-state index in [-0.39, 0.29) is 25.7 Å². The zero-order chi connectivity index (χ0) is 17.1. The van der Waals surface area contributed by atoms with Crippen molar-refractivity contribution >= 4 is 5.97 Å². The molecule has 0 saturated carbocycles. The number of carbonyl (C=O) groups is 1. The molecule has 0 fully saturated rings. The Hall–Kier alpha value is -1.86. The Labute approximate surface area is 132 Å². The van der Waals surface area contributed by atoms with E-state index in [1.54, 1.807) is 0 Å². The van der Waals surface area contributed by atoms with Crippen LogP contribution in [0.2, 0.25) is 0 Å². The minimum Gasteiger partial charge on any atom is -0.456 e. The van der Waals surface area contributed by atoms with Gasteiger partial charge in [-0.15, -0.1) is 0 Å². The SMILES string of the molecule is COCC(=O)O[C@H](/C=C\C(F)(F)F)CCOCc1ccccc1. The van der Waals surface area contributed by atoms with Gasteiger partial charge in [0.05, 0.1) is 13.2 Å². The number of halogens is 3. The van der Waals surface area contributed by atoms with Gasteiger partial charge in [0, 0.05) is 19.6 Å². The fourth-order valence-electron chi connectivity index (χ4n) is 1.70. The van der Waals surface area contributed by atoms with Crippen LogP contribution in [-0.4, -0.2) is 38.6 Å². The third-order valence-electron chi connectivity index (χ3n) is 2.70. The maximum absolute atomic E-state index is 12.2. The molecule has 4 nitrogen and oxygen atoms in total. The summed E-state index contributed by atoms with van der Waals surface area (Å²) < 4.78 is 51.6. The molecule has 0 heterocycles. The molecular formula is C16H19F3O4. The van der Waals surface area contributed by atoms with Gasteiger partial charge in [-0.25, -0.2) is 4.79 Å². The molecule has 0 bridgehead atoms. The Morgan fingerprint density at radius 3 is 2.57 bits per heavy atom. The third kappa shape index (κ3) is 9.70. The summed E-state index contributed by atoms with van der Waals surface area (Å²) in [7, 11) is 1.30. The zero-order valence-corrected chi connectivity index (χ0v) is 12.7. The number of alkyl halides is 3. The summed E-state index contributed by atoms with van der Waals surface area (Å²) in [6.45, 7) is 0.172. The number of rotatable bonds is 9. The second-order valence-electron chi connectivity index (χ2n) is 4.69. The van der Waals surface area contributed by atoms with Gasteiger partial charge in [0.15, 0.2) is 0 Å². The largest absolute Gasteiger partial charge is 0.456 e. The van der Waals surface area contributed by atoms with Crippen LogP contribution in [0.1, 0.15) is 12.0 Å². The molecule has 1 aromatic rings. The molecule has 0 aromatic heterocycles. The normalized spacial score (nSPS) is 13.2. The van der Waals surface area contributed by atoms with Gasteiger partial charge in [-0.1, -0.05) is 30.3 Å². The highest BCUT2D eigenvalue weighted by Crippen LogP contribution is 2.17. The number of allylic oxidation sites excluding steroid dienone is 1. The lowest BCUT2D eigenvalue weighted by Gasteiger charge is -2.15. The second kappa shape index (κ2) is 10.0. The number of carbonyl (C=O) groups excluding carboxylic acids is 1. The predicted molar refractivity (Wildman–Crippen MR) is 77.7 cm³/mol. The first kappa shape index (κ1) is 19.2. The molecule has 0 spiro atoms. The molecule has 0 N–H and O–H groups in total. The van der Waals surface area contributed by atoms with Crippen molar-refractivity contribution in [3.8, 4) is 0 Å². The van der Waals surface area contributed by atoms with E-state index >= 15 is 0 Å². The van der Waals surface area contributed by atoms with Crippen molar-refractivity contribution in [2.24, 2.45) is 0 Å². The molecule has 1 atom stereocenters. The van der Waals surface area contributed by atoms with Gasteiger partial charge in [-0.3, -0.25) is 0 Å². The van der Waals surface area contributed by atoms with Crippen LogP contribution in [0.4, 0.5) is 13.2 Å². The number of hydrogen-bond donors (Lipinski definition) is 0. The fourth-order valence-corrected chi connectivity index (χ4v) is 1.70. The third-order valence-corrected chi connectivity index (χ3v) is 2.70. The average Bonchev–Trinajstić information content (AvgIpc) is 2.49. The molecule has 0 amide bonds. The molecule has 0 aliphatic heterocycles. The summed E-state index contributed by atoms with van der Waals surface area (Å²) in [6.07, 6.45) is -4.50. The van der Waals surface area contributed by atoms with Crippen molar-refractivity contribution in [2.75, 3.05) is 20.3 Å². The molecule has 0 aliphatic rings. The number of esters is 1. The van der Waals surface area contributed by atoms with E-state index in [4.69, 9.17) is 9.47 Å². The number of ether oxygens (including phenoxy) is 3. The molecule has 7 heteroatoms. The minimum absolute atomic E-state index is 0.0505. The molecule has 0 saturated heterocycles. The Kier molecular flexibility index (Phi) is 8.36. The molecule has 1 rings (SSSR count). The Morgan fingerprint density at radius 2 is 1.96 bits per heavy atom. The van der Waals surface area contributed by atoms with Gasteiger partial charge in [-0.2, -0.15) is 13.2 Å². The summed E-state index contributed by atoms with van der Waals surface area (Å²) in [4.78, 5) is 11.3. The summed E-state index contributed by atoms with van der Waals surface area (Å²) in [5, 5.41) is 0. The van der Waals surface area contributed by atoms with E-state index < -0.39 is 18.2 Å². The summed E-state index contributed by atoms with van der Waals surface area (Å²) in [5.41, 5.74) is 0.950. The predicted octanol–water partition coefficient (Wildman–Crippen LogP) is 3.27. The van der Waals surface area contributed by atoms with Crippen molar-refractivity contribution in [1.29, 1.82) is 0 Å². The van der Waals surface area contributed by atoms with Gasteiger partial charge >= 0.3 is 12.1 Å². The fraction of sp³-hybridized carbons (Fsp3) is 0.438. The minimum atomic E-state index is -4.46. The van der Waals surface area contributed by atoms with Crippen LogP contribution in [0, 0.1) is 0 Å². The number of hydrogen-bond acceptors (Lipinski definition) is 4. The van der Waals surface area contributed by atoms with Crippen LogP contribution in [0.3, 0.4) is 0 Å². The average molecular weight is 332 g/mol. The highest BCUT2D eigenvalue weighted by Gasteiger charge is 2.23. The Bertz CT molecular complexity index is 486. The molecule has 1 aromatic carbocycles. The second-order valence-corrected chi connectivity index (χ2v) is 4.69. The van der Waals surface area contributed by atoms with E-state index in [0.29, 0.717) is 6.61 Å². The quantitative estimate of drug-likeness (QED) is 0.395. The van der Waals surface area contributed by atoms with E-state index in [1.165, 1.54) is 7.11 Å². The van der Waals surface area contributed by atoms with Gasteiger partial charge in [0.2, 0.25) is 0 Å². The standard InChI is InChI=1S/C16H19F3O4/c1-21-12-15(20)23-14(7-9-16(17,18)19)8-10-22-11-13-5-3-2-4-6-13/h2-7,9,14H,8,10-12H2,1H3/b9-7-/t14-/m1/s1. The highest BCUT2D eigenvalue weighted by molar-refractivity contribution is 5.71. The molecule has 0 radical (unpaired) electrons. The van der Waals surface area contributed by atoms with E-state index in [2.05, 4.69) is 4.74 Å². The molecule has 23 heavy (non-hydrogen) atoms.